The van der Waals surface area contributed by atoms with Gasteiger partial charge < -0.3 is 9.47 Å². The summed E-state index contributed by atoms with van der Waals surface area (Å²) in [5, 5.41) is 0. The van der Waals surface area contributed by atoms with Crippen molar-refractivity contribution in [3.63, 3.8) is 0 Å². The molecule has 19 heavy (non-hydrogen) atoms. The van der Waals surface area contributed by atoms with Gasteiger partial charge in [-0.1, -0.05) is 31.7 Å². The Morgan fingerprint density at radius 2 is 1.95 bits per heavy atom. The molecule has 0 saturated heterocycles. The number of carbonyl (C=O) groups is 2. The van der Waals surface area contributed by atoms with Gasteiger partial charge >= 0.3 is 11.9 Å². The first-order valence-electron chi connectivity index (χ1n) is 6.15. The van der Waals surface area contributed by atoms with Gasteiger partial charge in [0, 0.05) is 6.08 Å². The molecule has 0 heterocycles. The van der Waals surface area contributed by atoms with E-state index in [9.17, 15) is 9.59 Å². The average molecular weight is 262 g/mol. The molecule has 4 nitrogen and oxygen atoms in total. The fraction of sp³-hybridized carbons (Fsp3) is 0.333. The Balaban J connectivity index is 2.23. The predicted octanol–water partition coefficient (Wildman–Crippen LogP) is 2.60. The van der Waals surface area contributed by atoms with E-state index in [0.717, 1.165) is 6.08 Å². The third kappa shape index (κ3) is 5.86. The molecule has 0 aromatic heterocycles. The highest BCUT2D eigenvalue weighted by atomic mass is 16.5. The van der Waals surface area contributed by atoms with Crippen molar-refractivity contribution < 1.29 is 19.1 Å². The predicted molar refractivity (Wildman–Crippen MR) is 71.7 cm³/mol. The third-order valence-electron chi connectivity index (χ3n) is 2.53. The number of hydrogen-bond acceptors (Lipinski definition) is 4. The molecular formula is C15H18O4. The third-order valence-corrected chi connectivity index (χ3v) is 2.53. The molecule has 0 N–H and O–H groups in total. The molecule has 0 aliphatic carbocycles. The number of ether oxygens (including phenoxy) is 2. The molecule has 0 saturated carbocycles. The Labute approximate surface area is 113 Å². The van der Waals surface area contributed by atoms with Crippen LogP contribution in [0.2, 0.25) is 0 Å². The van der Waals surface area contributed by atoms with Gasteiger partial charge in [-0.3, -0.25) is 0 Å². The number of hydrogen-bond donors (Lipinski definition) is 0. The zero-order valence-electron chi connectivity index (χ0n) is 11.0. The highest BCUT2D eigenvalue weighted by Crippen LogP contribution is 2.06. The van der Waals surface area contributed by atoms with Crippen LogP contribution in [-0.2, 0) is 14.3 Å². The van der Waals surface area contributed by atoms with Crippen molar-refractivity contribution in [3.8, 4) is 0 Å². The Morgan fingerprint density at radius 1 is 1.26 bits per heavy atom. The van der Waals surface area contributed by atoms with Crippen LogP contribution in [0.4, 0.5) is 0 Å². The summed E-state index contributed by atoms with van der Waals surface area (Å²) in [5.41, 5.74) is 0.535. The summed E-state index contributed by atoms with van der Waals surface area (Å²) in [6.45, 7) is 5.84. The van der Waals surface area contributed by atoms with Crippen molar-refractivity contribution in [2.45, 2.75) is 13.3 Å². The standard InChI is InChI=1S/C15H18O4/c1-3-14(16)18-10-9-12(2)11-19-15(17)13-7-5-4-6-8-13/h3-8,12H,1,9-11H2,2H3. The maximum atomic E-state index is 11.7. The molecule has 0 aliphatic rings. The van der Waals surface area contributed by atoms with Gasteiger partial charge in [0.2, 0.25) is 0 Å². The van der Waals surface area contributed by atoms with E-state index in [1.54, 1.807) is 24.3 Å². The quantitative estimate of drug-likeness (QED) is 0.560. The van der Waals surface area contributed by atoms with E-state index in [1.807, 2.05) is 13.0 Å². The number of benzene rings is 1. The van der Waals surface area contributed by atoms with Crippen molar-refractivity contribution in [1.29, 1.82) is 0 Å². The molecule has 102 valence electrons. The van der Waals surface area contributed by atoms with Crippen LogP contribution in [0.1, 0.15) is 23.7 Å². The average Bonchev–Trinajstić information content (AvgIpc) is 2.45. The smallest absolute Gasteiger partial charge is 0.338 e. The normalized spacial score (nSPS) is 11.4. The van der Waals surface area contributed by atoms with Crippen LogP contribution in [0.25, 0.3) is 0 Å². The molecule has 1 aromatic rings. The van der Waals surface area contributed by atoms with E-state index in [2.05, 4.69) is 6.58 Å². The Hall–Kier alpha value is -2.10. The van der Waals surface area contributed by atoms with Crippen molar-refractivity contribution >= 4 is 11.9 Å². The molecule has 0 aliphatic heterocycles. The van der Waals surface area contributed by atoms with E-state index in [4.69, 9.17) is 9.47 Å². The van der Waals surface area contributed by atoms with E-state index < -0.39 is 5.97 Å². The minimum Gasteiger partial charge on any atom is -0.463 e. The fourth-order valence-corrected chi connectivity index (χ4v) is 1.38. The van der Waals surface area contributed by atoms with E-state index >= 15 is 0 Å². The second kappa shape index (κ2) is 8.08. The largest absolute Gasteiger partial charge is 0.463 e. The minimum atomic E-state index is -0.437. The maximum absolute atomic E-state index is 11.7. The highest BCUT2D eigenvalue weighted by Gasteiger charge is 2.09. The Morgan fingerprint density at radius 3 is 2.58 bits per heavy atom. The van der Waals surface area contributed by atoms with Crippen LogP contribution in [0.5, 0.6) is 0 Å². The molecule has 0 bridgehead atoms. The number of rotatable bonds is 7. The van der Waals surface area contributed by atoms with Gasteiger partial charge in [-0.05, 0) is 24.5 Å². The first kappa shape index (κ1) is 15.0. The van der Waals surface area contributed by atoms with E-state index in [-0.39, 0.29) is 11.9 Å². The topological polar surface area (TPSA) is 52.6 Å². The second-order valence-corrected chi connectivity index (χ2v) is 4.23. The summed E-state index contributed by atoms with van der Waals surface area (Å²) in [6, 6.07) is 8.83. The van der Waals surface area contributed by atoms with Gasteiger partial charge in [-0.2, -0.15) is 0 Å². The van der Waals surface area contributed by atoms with Crippen molar-refractivity contribution in [3.05, 3.63) is 48.6 Å². The van der Waals surface area contributed by atoms with E-state index in [0.29, 0.717) is 25.2 Å². The molecule has 0 fully saturated rings. The zero-order valence-corrected chi connectivity index (χ0v) is 11.0. The molecule has 1 unspecified atom stereocenters. The van der Waals surface area contributed by atoms with Gasteiger partial charge in [-0.15, -0.1) is 0 Å². The van der Waals surface area contributed by atoms with Crippen LogP contribution >= 0.6 is 0 Å². The first-order chi connectivity index (χ1) is 9.13. The second-order valence-electron chi connectivity index (χ2n) is 4.23. The summed E-state index contributed by atoms with van der Waals surface area (Å²) >= 11 is 0. The molecule has 1 rings (SSSR count). The SMILES string of the molecule is C=CC(=O)OCCC(C)COC(=O)c1ccccc1. The molecular weight excluding hydrogens is 244 g/mol. The van der Waals surface area contributed by atoms with Gasteiger partial charge in [0.05, 0.1) is 18.8 Å². The van der Waals surface area contributed by atoms with Crippen molar-refractivity contribution in [2.24, 2.45) is 5.92 Å². The first-order valence-corrected chi connectivity index (χ1v) is 6.15. The monoisotopic (exact) mass is 262 g/mol. The van der Waals surface area contributed by atoms with Crippen LogP contribution < -0.4 is 0 Å². The van der Waals surface area contributed by atoms with Gasteiger partial charge in [0.25, 0.3) is 0 Å². The highest BCUT2D eigenvalue weighted by molar-refractivity contribution is 5.89. The van der Waals surface area contributed by atoms with Crippen LogP contribution in [-0.4, -0.2) is 25.2 Å². The molecule has 4 heteroatoms. The van der Waals surface area contributed by atoms with Gasteiger partial charge in [0.1, 0.15) is 0 Å². The van der Waals surface area contributed by atoms with Gasteiger partial charge in [0.15, 0.2) is 0 Å². The summed E-state index contributed by atoms with van der Waals surface area (Å²) in [6.07, 6.45) is 1.77. The Bertz CT molecular complexity index is 425. The molecule has 0 radical (unpaired) electrons. The lowest BCUT2D eigenvalue weighted by Crippen LogP contribution is -2.14. The summed E-state index contributed by atoms with van der Waals surface area (Å²) in [5.74, 6) is -0.644. The summed E-state index contributed by atoms with van der Waals surface area (Å²) in [7, 11) is 0. The lowest BCUT2D eigenvalue weighted by Gasteiger charge is -2.11. The zero-order chi connectivity index (χ0) is 14.1. The lowest BCUT2D eigenvalue weighted by molar-refractivity contribution is -0.138. The minimum absolute atomic E-state index is 0.130. The number of carbonyl (C=O) groups excluding carboxylic acids is 2. The van der Waals surface area contributed by atoms with Crippen molar-refractivity contribution in [2.75, 3.05) is 13.2 Å². The van der Waals surface area contributed by atoms with E-state index in [1.165, 1.54) is 0 Å². The molecule has 1 aromatic carbocycles. The van der Waals surface area contributed by atoms with Crippen LogP contribution in [0.3, 0.4) is 0 Å². The summed E-state index contributed by atoms with van der Waals surface area (Å²) < 4.78 is 10.0. The molecule has 1 atom stereocenters. The van der Waals surface area contributed by atoms with Gasteiger partial charge in [-0.25, -0.2) is 9.59 Å². The molecule has 0 amide bonds. The lowest BCUT2D eigenvalue weighted by atomic mass is 10.1. The molecule has 0 spiro atoms. The maximum Gasteiger partial charge on any atom is 0.338 e. The Kier molecular flexibility index (Phi) is 6.36. The fourth-order valence-electron chi connectivity index (χ4n) is 1.38. The number of esters is 2. The van der Waals surface area contributed by atoms with Crippen LogP contribution in [0, 0.1) is 5.92 Å². The van der Waals surface area contributed by atoms with Crippen molar-refractivity contribution in [1.82, 2.24) is 0 Å². The summed E-state index contributed by atoms with van der Waals surface area (Å²) in [4.78, 5) is 22.5. The van der Waals surface area contributed by atoms with Crippen LogP contribution in [0.15, 0.2) is 43.0 Å².